The minimum Gasteiger partial charge on any atom is -0.329 e. The maximum Gasteiger partial charge on any atom is 0.270 e. The van der Waals surface area contributed by atoms with Crippen LogP contribution in [0, 0.1) is 17.0 Å². The van der Waals surface area contributed by atoms with Gasteiger partial charge in [0.2, 0.25) is 0 Å². The Morgan fingerprint density at radius 3 is 2.17 bits per heavy atom. The van der Waals surface area contributed by atoms with Gasteiger partial charge in [-0.25, -0.2) is 4.98 Å². The van der Waals surface area contributed by atoms with Crippen molar-refractivity contribution in [2.24, 2.45) is 0 Å². The molecule has 3 aromatic carbocycles. The lowest BCUT2D eigenvalue weighted by atomic mass is 10.1. The van der Waals surface area contributed by atoms with Crippen LogP contribution in [-0.2, 0) is 13.1 Å². The fraction of sp³-hybridized carbons (Fsp3) is 0.111. The number of nitro groups is 1. The van der Waals surface area contributed by atoms with Crippen LogP contribution in [0.4, 0.5) is 5.69 Å². The molecule has 0 fully saturated rings. The number of thiazole rings is 1. The second-order valence-electron chi connectivity index (χ2n) is 8.24. The number of rotatable bonds is 7. The quantitative estimate of drug-likeness (QED) is 0.207. The normalized spacial score (nSPS) is 11.0. The monoisotopic (exact) mass is 482 g/mol. The van der Waals surface area contributed by atoms with Crippen molar-refractivity contribution in [3.63, 3.8) is 0 Å². The Labute approximate surface area is 206 Å². The average molecular weight is 483 g/mol. The third-order valence-electron chi connectivity index (χ3n) is 5.82. The van der Waals surface area contributed by atoms with Gasteiger partial charge in [0.25, 0.3) is 11.6 Å². The SMILES string of the molecule is Cc1c(C(=O)N(Cc2ccccc2)Cc2ccccc2)sc2nc(-c3cccc([N+](=O)[O-])c3)cn12. The number of hydrogen-bond acceptors (Lipinski definition) is 5. The number of non-ortho nitro benzene ring substituents is 1. The standard InChI is InChI=1S/C27H22N4O3S/c1-19-25(35-27-28-24(18-30(19)27)22-13-8-14-23(15-22)31(33)34)26(32)29(16-20-9-4-2-5-10-20)17-21-11-6-3-7-12-21/h2-15,18H,16-17H2,1H3. The molecule has 0 spiro atoms. The highest BCUT2D eigenvalue weighted by atomic mass is 32.1. The Morgan fingerprint density at radius 2 is 1.60 bits per heavy atom. The molecule has 5 rings (SSSR count). The van der Waals surface area contributed by atoms with Crippen LogP contribution in [0.1, 0.15) is 26.5 Å². The van der Waals surface area contributed by atoms with E-state index in [2.05, 4.69) is 4.98 Å². The van der Waals surface area contributed by atoms with E-state index in [9.17, 15) is 14.9 Å². The van der Waals surface area contributed by atoms with E-state index in [0.29, 0.717) is 34.2 Å². The molecule has 0 saturated heterocycles. The van der Waals surface area contributed by atoms with E-state index in [1.54, 1.807) is 12.1 Å². The molecule has 2 heterocycles. The van der Waals surface area contributed by atoms with Gasteiger partial charge in [0.05, 0.1) is 10.6 Å². The van der Waals surface area contributed by atoms with Gasteiger partial charge in [0.15, 0.2) is 4.96 Å². The first-order chi connectivity index (χ1) is 17.0. The predicted octanol–water partition coefficient (Wildman–Crippen LogP) is 6.12. The summed E-state index contributed by atoms with van der Waals surface area (Å²) in [5.74, 6) is -0.0531. The van der Waals surface area contributed by atoms with Gasteiger partial charge in [-0.05, 0) is 18.1 Å². The lowest BCUT2D eigenvalue weighted by Gasteiger charge is -2.23. The zero-order chi connectivity index (χ0) is 24.4. The molecule has 1 amide bonds. The number of benzene rings is 3. The lowest BCUT2D eigenvalue weighted by molar-refractivity contribution is -0.384. The maximum absolute atomic E-state index is 13.7. The Kier molecular flexibility index (Phi) is 6.12. The number of nitro benzene ring substituents is 1. The molecule has 0 atom stereocenters. The molecule has 174 valence electrons. The van der Waals surface area contributed by atoms with Crippen LogP contribution in [0.25, 0.3) is 16.2 Å². The van der Waals surface area contributed by atoms with Crippen molar-refractivity contribution in [1.82, 2.24) is 14.3 Å². The molecular weight excluding hydrogens is 460 g/mol. The van der Waals surface area contributed by atoms with Crippen LogP contribution in [0.3, 0.4) is 0 Å². The third kappa shape index (κ3) is 4.69. The summed E-state index contributed by atoms with van der Waals surface area (Å²) >= 11 is 1.33. The Hall–Kier alpha value is -4.30. The summed E-state index contributed by atoms with van der Waals surface area (Å²) in [6.07, 6.45) is 1.83. The molecule has 0 aliphatic heterocycles. The van der Waals surface area contributed by atoms with Crippen molar-refractivity contribution in [3.8, 4) is 11.3 Å². The van der Waals surface area contributed by atoms with Crippen LogP contribution in [0.2, 0.25) is 0 Å². The molecule has 0 aliphatic carbocycles. The summed E-state index contributed by atoms with van der Waals surface area (Å²) < 4.78 is 1.88. The van der Waals surface area contributed by atoms with E-state index >= 15 is 0 Å². The van der Waals surface area contributed by atoms with E-state index in [-0.39, 0.29) is 11.6 Å². The number of carbonyl (C=O) groups excluding carboxylic acids is 1. The van der Waals surface area contributed by atoms with Crippen molar-refractivity contribution < 1.29 is 9.72 Å². The number of amides is 1. The van der Waals surface area contributed by atoms with Gasteiger partial charge < -0.3 is 4.90 Å². The Balaban J connectivity index is 1.47. The molecule has 2 aromatic heterocycles. The second kappa shape index (κ2) is 9.52. The van der Waals surface area contributed by atoms with Crippen LogP contribution in [-0.4, -0.2) is 25.1 Å². The maximum atomic E-state index is 13.7. The summed E-state index contributed by atoms with van der Waals surface area (Å²) in [5.41, 5.74) is 4.23. The lowest BCUT2D eigenvalue weighted by Crippen LogP contribution is -2.30. The summed E-state index contributed by atoms with van der Waals surface area (Å²) in [4.78, 5) is 32.3. The highest BCUT2D eigenvalue weighted by Gasteiger charge is 2.24. The third-order valence-corrected chi connectivity index (χ3v) is 6.97. The van der Waals surface area contributed by atoms with E-state index < -0.39 is 4.92 Å². The Morgan fingerprint density at radius 1 is 0.971 bits per heavy atom. The van der Waals surface area contributed by atoms with Gasteiger partial charge >= 0.3 is 0 Å². The van der Waals surface area contributed by atoms with Gasteiger partial charge in [-0.3, -0.25) is 19.3 Å². The zero-order valence-electron chi connectivity index (χ0n) is 19.0. The number of hydrogen-bond donors (Lipinski definition) is 0. The molecule has 35 heavy (non-hydrogen) atoms. The van der Waals surface area contributed by atoms with Gasteiger partial charge in [-0.15, -0.1) is 0 Å². The highest BCUT2D eigenvalue weighted by molar-refractivity contribution is 7.19. The molecule has 5 aromatic rings. The topological polar surface area (TPSA) is 80.8 Å². The fourth-order valence-corrected chi connectivity index (χ4v) is 5.09. The van der Waals surface area contributed by atoms with Crippen molar-refractivity contribution in [2.75, 3.05) is 0 Å². The molecule has 0 bridgehead atoms. The van der Waals surface area contributed by atoms with E-state index in [1.807, 2.05) is 83.1 Å². The minimum absolute atomic E-state index is 0.0175. The number of aromatic nitrogens is 2. The number of imidazole rings is 1. The zero-order valence-corrected chi connectivity index (χ0v) is 19.8. The largest absolute Gasteiger partial charge is 0.329 e. The number of aryl methyl sites for hydroxylation is 1. The number of fused-ring (bicyclic) bond motifs is 1. The molecule has 0 radical (unpaired) electrons. The van der Waals surface area contributed by atoms with Crippen LogP contribution in [0.5, 0.6) is 0 Å². The Bertz CT molecular complexity index is 1470. The molecule has 7 nitrogen and oxygen atoms in total. The average Bonchev–Trinajstić information content (AvgIpc) is 3.44. The summed E-state index contributed by atoms with van der Waals surface area (Å²) in [5, 5.41) is 11.1. The first-order valence-corrected chi connectivity index (χ1v) is 11.9. The van der Waals surface area contributed by atoms with Crippen molar-refractivity contribution in [1.29, 1.82) is 0 Å². The predicted molar refractivity (Wildman–Crippen MR) is 136 cm³/mol. The van der Waals surface area contributed by atoms with Gasteiger partial charge in [0.1, 0.15) is 4.88 Å². The highest BCUT2D eigenvalue weighted by Crippen LogP contribution is 2.30. The molecule has 8 heteroatoms. The van der Waals surface area contributed by atoms with Crippen molar-refractivity contribution in [2.45, 2.75) is 20.0 Å². The fourth-order valence-electron chi connectivity index (χ4n) is 4.02. The molecule has 0 saturated carbocycles. The number of nitrogens with zero attached hydrogens (tertiary/aromatic N) is 4. The first-order valence-electron chi connectivity index (χ1n) is 11.1. The summed E-state index contributed by atoms with van der Waals surface area (Å²) in [7, 11) is 0. The molecular formula is C27H22N4O3S. The van der Waals surface area contributed by atoms with Gasteiger partial charge in [0, 0.05) is 42.7 Å². The van der Waals surface area contributed by atoms with Crippen LogP contribution in [0.15, 0.2) is 91.1 Å². The number of carbonyl (C=O) groups is 1. The van der Waals surface area contributed by atoms with E-state index in [1.165, 1.54) is 23.5 Å². The van der Waals surface area contributed by atoms with Gasteiger partial charge in [-0.2, -0.15) is 0 Å². The second-order valence-corrected chi connectivity index (χ2v) is 9.21. The minimum atomic E-state index is -0.419. The van der Waals surface area contributed by atoms with Crippen LogP contribution >= 0.6 is 11.3 Å². The first kappa shape index (κ1) is 22.5. The van der Waals surface area contributed by atoms with Crippen LogP contribution < -0.4 is 0 Å². The van der Waals surface area contributed by atoms with Crippen molar-refractivity contribution >= 4 is 27.9 Å². The van der Waals surface area contributed by atoms with E-state index in [4.69, 9.17) is 0 Å². The molecule has 0 N–H and O–H groups in total. The summed E-state index contributed by atoms with van der Waals surface area (Å²) in [6, 6.07) is 26.3. The van der Waals surface area contributed by atoms with E-state index in [0.717, 1.165) is 16.8 Å². The summed E-state index contributed by atoms with van der Waals surface area (Å²) in [6.45, 7) is 2.89. The smallest absolute Gasteiger partial charge is 0.270 e. The van der Waals surface area contributed by atoms with Crippen molar-refractivity contribution in [3.05, 3.63) is 123 Å². The van der Waals surface area contributed by atoms with Gasteiger partial charge in [-0.1, -0.05) is 84.1 Å². The molecule has 0 unspecified atom stereocenters. The molecule has 0 aliphatic rings.